The van der Waals surface area contributed by atoms with Crippen molar-refractivity contribution in [2.75, 3.05) is 13.1 Å². The molecular formula is C29H39N3O2. The summed E-state index contributed by atoms with van der Waals surface area (Å²) in [4.78, 5) is 31.5. The predicted octanol–water partition coefficient (Wildman–Crippen LogP) is 5.18. The number of fused-ring (bicyclic) bond motifs is 1. The second-order valence-electron chi connectivity index (χ2n) is 11.8. The second kappa shape index (κ2) is 9.53. The molecule has 1 unspecified atom stereocenters. The van der Waals surface area contributed by atoms with Gasteiger partial charge in [0.1, 0.15) is 6.04 Å². The first-order valence-corrected chi connectivity index (χ1v) is 12.5. The number of hydrogen-bond acceptors (Lipinski definition) is 3. The molecular weight excluding hydrogens is 422 g/mol. The summed E-state index contributed by atoms with van der Waals surface area (Å²) in [6.45, 7) is 13.5. The zero-order chi connectivity index (χ0) is 24.5. The SMILES string of the molecule is CC(C)(C)CC(C)(C)NC(=O)C1c2ccccc2C(=O)N1C1CCN(Cc2ccccc2)CC1. The van der Waals surface area contributed by atoms with E-state index in [4.69, 9.17) is 0 Å². The van der Waals surface area contributed by atoms with Crippen LogP contribution in [0.1, 0.15) is 81.4 Å². The quantitative estimate of drug-likeness (QED) is 0.645. The molecule has 0 aliphatic carbocycles. The fourth-order valence-corrected chi connectivity index (χ4v) is 5.95. The summed E-state index contributed by atoms with van der Waals surface area (Å²) < 4.78 is 0. The number of piperidine rings is 1. The zero-order valence-electron chi connectivity index (χ0n) is 21.3. The van der Waals surface area contributed by atoms with Crippen LogP contribution in [0.4, 0.5) is 0 Å². The molecule has 2 heterocycles. The van der Waals surface area contributed by atoms with E-state index < -0.39 is 6.04 Å². The summed E-state index contributed by atoms with van der Waals surface area (Å²) in [5.74, 6) is -0.0786. The minimum atomic E-state index is -0.561. The molecule has 2 aliphatic heterocycles. The highest BCUT2D eigenvalue weighted by Crippen LogP contribution is 2.38. The molecule has 2 aromatic carbocycles. The highest BCUT2D eigenvalue weighted by molar-refractivity contribution is 6.05. The first-order valence-electron chi connectivity index (χ1n) is 12.5. The van der Waals surface area contributed by atoms with Crippen LogP contribution in [-0.4, -0.2) is 46.3 Å². The average molecular weight is 462 g/mol. The van der Waals surface area contributed by atoms with E-state index in [1.54, 1.807) is 0 Å². The maximum atomic E-state index is 13.7. The van der Waals surface area contributed by atoms with Crippen LogP contribution < -0.4 is 5.32 Å². The first-order chi connectivity index (χ1) is 16.0. The van der Waals surface area contributed by atoms with Crippen LogP contribution in [0.5, 0.6) is 0 Å². The number of carbonyl (C=O) groups excluding carboxylic acids is 2. The molecule has 1 N–H and O–H groups in total. The fourth-order valence-electron chi connectivity index (χ4n) is 5.95. The van der Waals surface area contributed by atoms with Crippen molar-refractivity contribution in [3.63, 3.8) is 0 Å². The van der Waals surface area contributed by atoms with Gasteiger partial charge in [0.15, 0.2) is 0 Å². The molecule has 1 saturated heterocycles. The molecule has 182 valence electrons. The molecule has 0 saturated carbocycles. The van der Waals surface area contributed by atoms with Crippen molar-refractivity contribution < 1.29 is 9.59 Å². The van der Waals surface area contributed by atoms with E-state index in [-0.39, 0.29) is 28.8 Å². The van der Waals surface area contributed by atoms with Gasteiger partial charge >= 0.3 is 0 Å². The summed E-state index contributed by atoms with van der Waals surface area (Å²) >= 11 is 0. The Kier molecular flexibility index (Phi) is 6.86. The molecule has 1 fully saturated rings. The Hall–Kier alpha value is -2.66. The van der Waals surface area contributed by atoms with Gasteiger partial charge in [-0.05, 0) is 55.7 Å². The van der Waals surface area contributed by atoms with Crippen LogP contribution in [0.2, 0.25) is 0 Å². The number of amides is 2. The Balaban J connectivity index is 1.50. The maximum Gasteiger partial charge on any atom is 0.255 e. The molecule has 2 amide bonds. The monoisotopic (exact) mass is 461 g/mol. The van der Waals surface area contributed by atoms with Gasteiger partial charge in [0, 0.05) is 36.8 Å². The molecule has 34 heavy (non-hydrogen) atoms. The third kappa shape index (κ3) is 5.52. The lowest BCUT2D eigenvalue weighted by Crippen LogP contribution is -2.53. The fraction of sp³-hybridized carbons (Fsp3) is 0.517. The van der Waals surface area contributed by atoms with E-state index in [1.165, 1.54) is 5.56 Å². The average Bonchev–Trinajstić information content (AvgIpc) is 3.06. The van der Waals surface area contributed by atoms with E-state index >= 15 is 0 Å². The summed E-state index contributed by atoms with van der Waals surface area (Å²) in [5, 5.41) is 3.28. The van der Waals surface area contributed by atoms with Crippen LogP contribution in [0.25, 0.3) is 0 Å². The number of rotatable bonds is 6. The molecule has 2 aliphatic rings. The van der Waals surface area contributed by atoms with E-state index in [9.17, 15) is 9.59 Å². The summed E-state index contributed by atoms with van der Waals surface area (Å²) in [6, 6.07) is 17.6. The molecule has 0 spiro atoms. The van der Waals surface area contributed by atoms with Crippen molar-refractivity contribution in [2.45, 2.75) is 78.0 Å². The van der Waals surface area contributed by atoms with Crippen molar-refractivity contribution >= 4 is 11.8 Å². The van der Waals surface area contributed by atoms with Gasteiger partial charge in [0.2, 0.25) is 5.91 Å². The topological polar surface area (TPSA) is 52.7 Å². The van der Waals surface area contributed by atoms with Gasteiger partial charge in [0.25, 0.3) is 5.91 Å². The Morgan fingerprint density at radius 3 is 2.21 bits per heavy atom. The highest BCUT2D eigenvalue weighted by atomic mass is 16.2. The lowest BCUT2D eigenvalue weighted by molar-refractivity contribution is -0.128. The lowest BCUT2D eigenvalue weighted by atomic mass is 9.81. The zero-order valence-corrected chi connectivity index (χ0v) is 21.3. The van der Waals surface area contributed by atoms with Gasteiger partial charge in [0.05, 0.1) is 0 Å². The Morgan fingerprint density at radius 2 is 1.56 bits per heavy atom. The summed E-state index contributed by atoms with van der Waals surface area (Å²) in [5.41, 5.74) is 2.54. The molecule has 1 atom stereocenters. The largest absolute Gasteiger partial charge is 0.349 e. The first kappa shape index (κ1) is 24.5. The van der Waals surface area contributed by atoms with Gasteiger partial charge in [-0.25, -0.2) is 0 Å². The standard InChI is InChI=1S/C29H39N3O2/c1-28(2,3)20-29(4,5)30-26(33)25-23-13-9-10-14-24(23)27(34)32(25)22-15-17-31(18-16-22)19-21-11-7-6-8-12-21/h6-14,22,25H,15-20H2,1-5H3,(H,30,33). The van der Waals surface area contributed by atoms with Gasteiger partial charge in [-0.15, -0.1) is 0 Å². The highest BCUT2D eigenvalue weighted by Gasteiger charge is 2.46. The van der Waals surface area contributed by atoms with E-state index in [0.717, 1.165) is 44.5 Å². The summed E-state index contributed by atoms with van der Waals surface area (Å²) in [7, 11) is 0. The van der Waals surface area contributed by atoms with E-state index in [1.807, 2.05) is 35.2 Å². The van der Waals surface area contributed by atoms with Gasteiger partial charge in [-0.2, -0.15) is 0 Å². The molecule has 4 rings (SSSR count). The van der Waals surface area contributed by atoms with Crippen LogP contribution in [0, 0.1) is 5.41 Å². The van der Waals surface area contributed by atoms with Gasteiger partial charge in [-0.1, -0.05) is 69.3 Å². The van der Waals surface area contributed by atoms with Crippen molar-refractivity contribution in [2.24, 2.45) is 5.41 Å². The number of likely N-dealkylation sites (tertiary alicyclic amines) is 1. The lowest BCUT2D eigenvalue weighted by Gasteiger charge is -2.40. The third-order valence-corrected chi connectivity index (χ3v) is 6.88. The number of nitrogens with one attached hydrogen (secondary N) is 1. The van der Waals surface area contributed by atoms with Crippen LogP contribution in [0.3, 0.4) is 0 Å². The number of benzene rings is 2. The maximum absolute atomic E-state index is 13.7. The Labute approximate surface area is 204 Å². The van der Waals surface area contributed by atoms with Gasteiger partial charge < -0.3 is 10.2 Å². The van der Waals surface area contributed by atoms with Crippen molar-refractivity contribution in [3.8, 4) is 0 Å². The van der Waals surface area contributed by atoms with Crippen LogP contribution in [-0.2, 0) is 11.3 Å². The minimum Gasteiger partial charge on any atom is -0.349 e. The van der Waals surface area contributed by atoms with Crippen molar-refractivity contribution in [3.05, 3.63) is 71.3 Å². The molecule has 5 heteroatoms. The second-order valence-corrected chi connectivity index (χ2v) is 11.8. The van der Waals surface area contributed by atoms with Crippen LogP contribution >= 0.6 is 0 Å². The van der Waals surface area contributed by atoms with E-state index in [0.29, 0.717) is 5.56 Å². The van der Waals surface area contributed by atoms with Gasteiger partial charge in [-0.3, -0.25) is 14.5 Å². The summed E-state index contributed by atoms with van der Waals surface area (Å²) in [6.07, 6.45) is 2.61. The molecule has 5 nitrogen and oxygen atoms in total. The Bertz CT molecular complexity index is 1020. The van der Waals surface area contributed by atoms with Crippen molar-refractivity contribution in [1.82, 2.24) is 15.1 Å². The number of hydrogen-bond donors (Lipinski definition) is 1. The number of carbonyl (C=O) groups is 2. The predicted molar refractivity (Wildman–Crippen MR) is 136 cm³/mol. The van der Waals surface area contributed by atoms with E-state index in [2.05, 4.69) is 69.1 Å². The van der Waals surface area contributed by atoms with Crippen LogP contribution in [0.15, 0.2) is 54.6 Å². The molecule has 2 aromatic rings. The Morgan fingerprint density at radius 1 is 0.941 bits per heavy atom. The normalized spacial score (nSPS) is 19.9. The molecule has 0 aromatic heterocycles. The van der Waals surface area contributed by atoms with Crippen molar-refractivity contribution in [1.29, 1.82) is 0 Å². The number of nitrogens with zero attached hydrogens (tertiary/aromatic N) is 2. The molecule has 0 radical (unpaired) electrons. The third-order valence-electron chi connectivity index (χ3n) is 6.88. The molecule has 0 bridgehead atoms. The smallest absolute Gasteiger partial charge is 0.255 e. The minimum absolute atomic E-state index is 0.00844.